The summed E-state index contributed by atoms with van der Waals surface area (Å²) in [5.74, 6) is 0.420. The van der Waals surface area contributed by atoms with Crippen molar-refractivity contribution in [2.45, 2.75) is 45.4 Å². The maximum atomic E-state index is 12.8. The largest absolute Gasteiger partial charge is 0.322 e. The summed E-state index contributed by atoms with van der Waals surface area (Å²) in [4.78, 5) is 27.5. The summed E-state index contributed by atoms with van der Waals surface area (Å²) < 4.78 is 0. The predicted octanol–water partition coefficient (Wildman–Crippen LogP) is 6.68. The Balaban J connectivity index is 1.52. The van der Waals surface area contributed by atoms with Crippen LogP contribution < -0.4 is 10.2 Å². The molecule has 33 heavy (non-hydrogen) atoms. The summed E-state index contributed by atoms with van der Waals surface area (Å²) in [6.45, 7) is 6.27. The third kappa shape index (κ3) is 5.31. The van der Waals surface area contributed by atoms with Gasteiger partial charge in [0.1, 0.15) is 5.37 Å². The minimum absolute atomic E-state index is 0.106. The maximum Gasteiger partial charge on any atom is 0.255 e. The lowest BCUT2D eigenvalue weighted by atomic mass is 10.1. The molecule has 170 valence electrons. The Hall–Kier alpha value is -3.05. The predicted molar refractivity (Wildman–Crippen MR) is 138 cm³/mol. The Labute approximate surface area is 200 Å². The van der Waals surface area contributed by atoms with Crippen LogP contribution in [0.25, 0.3) is 0 Å². The lowest BCUT2D eigenvalue weighted by Gasteiger charge is -2.26. The fourth-order valence-corrected chi connectivity index (χ4v) is 5.34. The van der Waals surface area contributed by atoms with Crippen molar-refractivity contribution in [3.05, 3.63) is 94.5 Å². The first kappa shape index (κ1) is 23.1. The van der Waals surface area contributed by atoms with Gasteiger partial charge in [-0.15, -0.1) is 11.8 Å². The first-order chi connectivity index (χ1) is 16.0. The molecule has 1 saturated heterocycles. The zero-order valence-electron chi connectivity index (χ0n) is 19.4. The van der Waals surface area contributed by atoms with E-state index >= 15 is 0 Å². The number of unbranched alkanes of at least 4 members (excludes halogenated alkanes) is 1. The molecule has 0 spiro atoms. The molecule has 1 atom stereocenters. The van der Waals surface area contributed by atoms with Gasteiger partial charge in [0.2, 0.25) is 5.91 Å². The highest BCUT2D eigenvalue weighted by molar-refractivity contribution is 8.00. The van der Waals surface area contributed by atoms with Crippen molar-refractivity contribution < 1.29 is 9.59 Å². The number of nitrogens with one attached hydrogen (secondary N) is 1. The standard InChI is InChI=1S/C28H30N2O2S/c1-4-5-7-21-11-13-22(14-12-21)27(32)29-24-9-6-8-23(17-24)28-30(26(31)18-33-28)25-15-10-19(2)16-20(25)3/h6,8-17,28H,4-5,7,18H2,1-3H3,(H,29,32). The van der Waals surface area contributed by atoms with Gasteiger partial charge in [0.05, 0.1) is 5.75 Å². The maximum absolute atomic E-state index is 12.8. The molecular formula is C28H30N2O2S. The van der Waals surface area contributed by atoms with Gasteiger partial charge in [-0.3, -0.25) is 14.5 Å². The van der Waals surface area contributed by atoms with E-state index in [-0.39, 0.29) is 17.2 Å². The number of anilines is 2. The third-order valence-corrected chi connectivity index (χ3v) is 7.16. The second-order valence-corrected chi connectivity index (χ2v) is 9.67. The van der Waals surface area contributed by atoms with Crippen molar-refractivity contribution in [3.63, 3.8) is 0 Å². The fraction of sp³-hybridized carbons (Fsp3) is 0.286. The molecule has 0 aliphatic carbocycles. The monoisotopic (exact) mass is 458 g/mol. The van der Waals surface area contributed by atoms with Crippen molar-refractivity contribution in [1.82, 2.24) is 0 Å². The van der Waals surface area contributed by atoms with Crippen LogP contribution in [-0.4, -0.2) is 17.6 Å². The highest BCUT2D eigenvalue weighted by Crippen LogP contribution is 2.43. The first-order valence-electron chi connectivity index (χ1n) is 11.5. The first-order valence-corrected chi connectivity index (χ1v) is 12.5. The lowest BCUT2D eigenvalue weighted by Crippen LogP contribution is -2.28. The molecule has 1 fully saturated rings. The number of hydrogen-bond donors (Lipinski definition) is 1. The molecule has 0 aromatic heterocycles. The number of carbonyl (C=O) groups excluding carboxylic acids is 2. The molecule has 1 aliphatic rings. The van der Waals surface area contributed by atoms with Gasteiger partial charge in [-0.05, 0) is 73.7 Å². The van der Waals surface area contributed by atoms with E-state index in [1.54, 1.807) is 11.8 Å². The van der Waals surface area contributed by atoms with Crippen LogP contribution in [-0.2, 0) is 11.2 Å². The Bertz CT molecular complexity index is 1160. The van der Waals surface area contributed by atoms with Gasteiger partial charge in [0.15, 0.2) is 0 Å². The minimum Gasteiger partial charge on any atom is -0.322 e. The molecule has 1 heterocycles. The average Bonchev–Trinajstić information content (AvgIpc) is 3.19. The number of carbonyl (C=O) groups is 2. The number of hydrogen-bond acceptors (Lipinski definition) is 3. The van der Waals surface area contributed by atoms with E-state index in [1.165, 1.54) is 11.1 Å². The summed E-state index contributed by atoms with van der Waals surface area (Å²) in [7, 11) is 0. The fourth-order valence-electron chi connectivity index (χ4n) is 4.18. The van der Waals surface area contributed by atoms with Crippen LogP contribution in [0.1, 0.15) is 57.8 Å². The molecule has 0 radical (unpaired) electrons. The van der Waals surface area contributed by atoms with Gasteiger partial charge in [-0.1, -0.05) is 55.3 Å². The number of amides is 2. The summed E-state index contributed by atoms with van der Waals surface area (Å²) in [6, 6.07) is 21.8. The topological polar surface area (TPSA) is 49.4 Å². The van der Waals surface area contributed by atoms with Crippen molar-refractivity contribution in [2.75, 3.05) is 16.0 Å². The SMILES string of the molecule is CCCCc1ccc(C(=O)Nc2cccc(C3SCC(=O)N3c3ccc(C)cc3C)c2)cc1. The molecule has 0 bridgehead atoms. The van der Waals surface area contributed by atoms with Crippen LogP contribution in [0.15, 0.2) is 66.7 Å². The Kier molecular flexibility index (Phi) is 7.19. The lowest BCUT2D eigenvalue weighted by molar-refractivity contribution is -0.115. The van der Waals surface area contributed by atoms with Gasteiger partial charge in [0.25, 0.3) is 5.91 Å². The van der Waals surface area contributed by atoms with E-state index in [9.17, 15) is 9.59 Å². The molecule has 2 amide bonds. The molecule has 5 heteroatoms. The second-order valence-electron chi connectivity index (χ2n) is 8.60. The van der Waals surface area contributed by atoms with Crippen LogP contribution in [0.3, 0.4) is 0 Å². The Morgan fingerprint density at radius 1 is 1.06 bits per heavy atom. The van der Waals surface area contributed by atoms with Gasteiger partial charge in [-0.2, -0.15) is 0 Å². The van der Waals surface area contributed by atoms with Crippen LogP contribution in [0, 0.1) is 13.8 Å². The molecule has 1 unspecified atom stereocenters. The van der Waals surface area contributed by atoms with E-state index in [0.717, 1.165) is 41.8 Å². The second kappa shape index (κ2) is 10.3. The molecular weight excluding hydrogens is 428 g/mol. The van der Waals surface area contributed by atoms with Crippen LogP contribution in [0.4, 0.5) is 11.4 Å². The molecule has 4 rings (SSSR count). The van der Waals surface area contributed by atoms with E-state index < -0.39 is 0 Å². The Morgan fingerprint density at radius 2 is 1.85 bits per heavy atom. The van der Waals surface area contributed by atoms with E-state index in [4.69, 9.17) is 0 Å². The smallest absolute Gasteiger partial charge is 0.255 e. The van der Waals surface area contributed by atoms with Gasteiger partial charge >= 0.3 is 0 Å². The number of nitrogens with zero attached hydrogens (tertiary/aromatic N) is 1. The Morgan fingerprint density at radius 3 is 2.58 bits per heavy atom. The van der Waals surface area contributed by atoms with Crippen molar-refractivity contribution in [2.24, 2.45) is 0 Å². The number of thioether (sulfide) groups is 1. The number of rotatable bonds is 7. The number of benzene rings is 3. The third-order valence-electron chi connectivity index (χ3n) is 5.94. The van der Waals surface area contributed by atoms with Crippen LogP contribution in [0.5, 0.6) is 0 Å². The van der Waals surface area contributed by atoms with Gasteiger partial charge < -0.3 is 5.32 Å². The highest BCUT2D eigenvalue weighted by Gasteiger charge is 2.34. The zero-order chi connectivity index (χ0) is 23.4. The average molecular weight is 459 g/mol. The summed E-state index contributed by atoms with van der Waals surface area (Å²) in [6.07, 6.45) is 3.35. The summed E-state index contributed by atoms with van der Waals surface area (Å²) in [5, 5.41) is 2.90. The van der Waals surface area contributed by atoms with Gasteiger partial charge in [0, 0.05) is 16.9 Å². The quantitative estimate of drug-likeness (QED) is 0.430. The molecule has 3 aromatic carbocycles. The molecule has 1 N–H and O–H groups in total. The van der Waals surface area contributed by atoms with E-state index in [2.05, 4.69) is 25.2 Å². The summed E-state index contributed by atoms with van der Waals surface area (Å²) >= 11 is 1.62. The molecule has 3 aromatic rings. The van der Waals surface area contributed by atoms with E-state index in [1.807, 2.05) is 72.5 Å². The van der Waals surface area contributed by atoms with Gasteiger partial charge in [-0.25, -0.2) is 0 Å². The van der Waals surface area contributed by atoms with Crippen LogP contribution in [0.2, 0.25) is 0 Å². The zero-order valence-corrected chi connectivity index (χ0v) is 20.2. The van der Waals surface area contributed by atoms with Crippen molar-refractivity contribution in [3.8, 4) is 0 Å². The molecule has 0 saturated carbocycles. The normalized spacial score (nSPS) is 15.7. The van der Waals surface area contributed by atoms with Crippen molar-refractivity contribution >= 4 is 35.0 Å². The molecule has 1 aliphatic heterocycles. The number of aryl methyl sites for hydroxylation is 3. The van der Waals surface area contributed by atoms with E-state index in [0.29, 0.717) is 11.3 Å². The summed E-state index contributed by atoms with van der Waals surface area (Å²) in [5.41, 5.74) is 6.83. The highest BCUT2D eigenvalue weighted by atomic mass is 32.2. The van der Waals surface area contributed by atoms with Crippen LogP contribution >= 0.6 is 11.8 Å². The minimum atomic E-state index is -0.129. The van der Waals surface area contributed by atoms with Crippen molar-refractivity contribution in [1.29, 1.82) is 0 Å². The molecule has 4 nitrogen and oxygen atoms in total.